The van der Waals surface area contributed by atoms with E-state index in [0.717, 1.165) is 33.6 Å². The average molecular weight is 542 g/mol. The zero-order valence-corrected chi connectivity index (χ0v) is 23.6. The van der Waals surface area contributed by atoms with Crippen LogP contribution in [0.1, 0.15) is 54.1 Å². The van der Waals surface area contributed by atoms with Gasteiger partial charge in [0.05, 0.1) is 11.9 Å². The summed E-state index contributed by atoms with van der Waals surface area (Å²) in [6, 6.07) is 9.37. The Labute approximate surface area is 231 Å². The minimum Gasteiger partial charge on any atom is -0.459 e. The Morgan fingerprint density at radius 2 is 1.80 bits per heavy atom. The molecule has 0 spiro atoms. The number of rotatable bonds is 6. The summed E-state index contributed by atoms with van der Waals surface area (Å²) in [6.07, 6.45) is 3.40. The summed E-state index contributed by atoms with van der Waals surface area (Å²) in [5.74, 6) is 0.236. The number of anilines is 1. The van der Waals surface area contributed by atoms with Gasteiger partial charge < -0.3 is 14.6 Å². The van der Waals surface area contributed by atoms with Crippen molar-refractivity contribution >= 4 is 23.2 Å². The molecule has 4 heterocycles. The normalized spacial score (nSPS) is 11.7. The average Bonchev–Trinajstić information content (AvgIpc) is 3.56. The first-order valence-corrected chi connectivity index (χ1v) is 12.9. The number of esters is 1. The van der Waals surface area contributed by atoms with Crippen LogP contribution in [-0.4, -0.2) is 46.8 Å². The molecule has 11 nitrogen and oxygen atoms in total. The third-order valence-corrected chi connectivity index (χ3v) is 6.38. The van der Waals surface area contributed by atoms with Crippen LogP contribution in [0.5, 0.6) is 0 Å². The zero-order valence-electron chi connectivity index (χ0n) is 23.6. The topological polar surface area (TPSA) is 129 Å². The van der Waals surface area contributed by atoms with E-state index < -0.39 is 5.60 Å². The van der Waals surface area contributed by atoms with Gasteiger partial charge in [0, 0.05) is 41.2 Å². The lowest BCUT2D eigenvalue weighted by Crippen LogP contribution is -2.27. The SMILES string of the molecule is Cc1nc(-c2ccc(C)c(NC(=O)c3cnc4ccc(-c5c(C)nn(CC(=O)OC(C)(C)C)c5C)cn34)c2)no1. The highest BCUT2D eigenvalue weighted by molar-refractivity contribution is 6.04. The highest BCUT2D eigenvalue weighted by Crippen LogP contribution is 2.29. The molecule has 1 aromatic carbocycles. The van der Waals surface area contributed by atoms with Crippen LogP contribution in [0, 0.1) is 27.7 Å². The van der Waals surface area contributed by atoms with Crippen LogP contribution < -0.4 is 5.32 Å². The van der Waals surface area contributed by atoms with Crippen molar-refractivity contribution in [2.45, 2.75) is 60.6 Å². The minimum absolute atomic E-state index is 0.00671. The monoisotopic (exact) mass is 541 g/mol. The Morgan fingerprint density at radius 1 is 1.05 bits per heavy atom. The summed E-state index contributed by atoms with van der Waals surface area (Å²) >= 11 is 0. The van der Waals surface area contributed by atoms with E-state index in [1.165, 1.54) is 0 Å². The minimum atomic E-state index is -0.578. The van der Waals surface area contributed by atoms with Crippen molar-refractivity contribution in [2.24, 2.45) is 0 Å². The van der Waals surface area contributed by atoms with Gasteiger partial charge in [0.25, 0.3) is 5.91 Å². The van der Waals surface area contributed by atoms with Gasteiger partial charge in [0.2, 0.25) is 11.7 Å². The van der Waals surface area contributed by atoms with Gasteiger partial charge in [-0.1, -0.05) is 17.3 Å². The fourth-order valence-electron chi connectivity index (χ4n) is 4.56. The lowest BCUT2D eigenvalue weighted by molar-refractivity contribution is -0.155. The summed E-state index contributed by atoms with van der Waals surface area (Å²) in [7, 11) is 0. The van der Waals surface area contributed by atoms with Crippen LogP contribution in [0.3, 0.4) is 0 Å². The lowest BCUT2D eigenvalue weighted by atomic mass is 10.1. The maximum absolute atomic E-state index is 13.4. The van der Waals surface area contributed by atoms with E-state index in [1.807, 2.05) is 78.1 Å². The molecule has 0 radical (unpaired) electrons. The van der Waals surface area contributed by atoms with Crippen molar-refractivity contribution < 1.29 is 18.8 Å². The molecule has 0 atom stereocenters. The van der Waals surface area contributed by atoms with Crippen LogP contribution in [0.2, 0.25) is 0 Å². The van der Waals surface area contributed by atoms with Gasteiger partial charge in [-0.15, -0.1) is 0 Å². The fourth-order valence-corrected chi connectivity index (χ4v) is 4.56. The first-order valence-electron chi connectivity index (χ1n) is 12.9. The second-order valence-corrected chi connectivity index (χ2v) is 10.7. The number of fused-ring (bicyclic) bond motifs is 1. The smallest absolute Gasteiger partial charge is 0.328 e. The van der Waals surface area contributed by atoms with Crippen LogP contribution in [0.15, 0.2) is 47.2 Å². The number of hydrogen-bond acceptors (Lipinski definition) is 8. The number of pyridine rings is 1. The standard InChI is InChI=1S/C29H31N7O4/c1-16-8-9-20(27-31-19(4)40-34-27)12-22(16)32-28(38)23-13-30-24-11-10-21(14-35(23)24)26-17(2)33-36(18(26)3)15-25(37)39-29(5,6)7/h8-14H,15H2,1-7H3,(H,32,38). The van der Waals surface area contributed by atoms with Gasteiger partial charge in [-0.3, -0.25) is 18.7 Å². The van der Waals surface area contributed by atoms with E-state index in [0.29, 0.717) is 28.7 Å². The predicted molar refractivity (Wildman–Crippen MR) is 149 cm³/mol. The van der Waals surface area contributed by atoms with E-state index >= 15 is 0 Å². The number of hydrogen-bond donors (Lipinski definition) is 1. The Balaban J connectivity index is 1.44. The van der Waals surface area contributed by atoms with Crippen LogP contribution in [-0.2, 0) is 16.1 Å². The van der Waals surface area contributed by atoms with Gasteiger partial charge in [0.1, 0.15) is 23.5 Å². The molecule has 1 amide bonds. The summed E-state index contributed by atoms with van der Waals surface area (Å²) in [5.41, 5.74) is 5.96. The first kappa shape index (κ1) is 26.8. The second kappa shape index (κ2) is 10.1. The molecular formula is C29H31N7O4. The van der Waals surface area contributed by atoms with E-state index in [-0.39, 0.29) is 18.4 Å². The number of carbonyl (C=O) groups excluding carboxylic acids is 2. The Bertz CT molecular complexity index is 1750. The molecule has 40 heavy (non-hydrogen) atoms. The largest absolute Gasteiger partial charge is 0.459 e. The molecular weight excluding hydrogens is 510 g/mol. The first-order chi connectivity index (χ1) is 18.9. The van der Waals surface area contributed by atoms with E-state index in [1.54, 1.807) is 22.2 Å². The van der Waals surface area contributed by atoms with Gasteiger partial charge in [0.15, 0.2) is 0 Å². The summed E-state index contributed by atoms with van der Waals surface area (Å²) in [5, 5.41) is 11.5. The number of aryl methyl sites for hydroxylation is 3. The quantitative estimate of drug-likeness (QED) is 0.295. The van der Waals surface area contributed by atoms with Crippen molar-refractivity contribution in [2.75, 3.05) is 5.32 Å². The van der Waals surface area contributed by atoms with Crippen LogP contribution in [0.25, 0.3) is 28.2 Å². The van der Waals surface area contributed by atoms with Gasteiger partial charge >= 0.3 is 5.97 Å². The molecule has 0 unspecified atom stereocenters. The van der Waals surface area contributed by atoms with Crippen molar-refractivity contribution in [3.05, 3.63) is 71.3 Å². The number of carbonyl (C=O) groups is 2. The van der Waals surface area contributed by atoms with Crippen LogP contribution >= 0.6 is 0 Å². The fraction of sp³-hybridized carbons (Fsp3) is 0.310. The van der Waals surface area contributed by atoms with Crippen molar-refractivity contribution in [3.63, 3.8) is 0 Å². The number of amides is 1. The summed E-state index contributed by atoms with van der Waals surface area (Å²) < 4.78 is 13.9. The highest BCUT2D eigenvalue weighted by atomic mass is 16.6. The van der Waals surface area contributed by atoms with Crippen LogP contribution in [0.4, 0.5) is 5.69 Å². The predicted octanol–water partition coefficient (Wildman–Crippen LogP) is 5.08. The number of aromatic nitrogens is 6. The van der Waals surface area contributed by atoms with Crippen molar-refractivity contribution in [1.82, 2.24) is 29.3 Å². The summed E-state index contributed by atoms with van der Waals surface area (Å²) in [6.45, 7) is 12.9. The maximum atomic E-state index is 13.4. The lowest BCUT2D eigenvalue weighted by Gasteiger charge is -2.19. The third-order valence-electron chi connectivity index (χ3n) is 6.38. The molecule has 0 fully saturated rings. The van der Waals surface area contributed by atoms with Crippen molar-refractivity contribution in [3.8, 4) is 22.5 Å². The number of ether oxygens (including phenoxy) is 1. The maximum Gasteiger partial charge on any atom is 0.328 e. The number of nitrogens with zero attached hydrogens (tertiary/aromatic N) is 6. The zero-order chi connectivity index (χ0) is 28.8. The molecule has 0 aliphatic carbocycles. The Kier molecular flexibility index (Phi) is 6.74. The molecule has 0 aliphatic heterocycles. The molecule has 0 saturated heterocycles. The van der Waals surface area contributed by atoms with Crippen molar-refractivity contribution in [1.29, 1.82) is 0 Å². The third kappa shape index (κ3) is 5.35. The second-order valence-electron chi connectivity index (χ2n) is 10.7. The van der Waals surface area contributed by atoms with Gasteiger partial charge in [-0.25, -0.2) is 4.98 Å². The molecule has 5 rings (SSSR count). The molecule has 5 aromatic rings. The highest BCUT2D eigenvalue weighted by Gasteiger charge is 2.21. The number of nitrogens with one attached hydrogen (secondary N) is 1. The molecule has 0 aliphatic rings. The number of imidazole rings is 1. The van der Waals surface area contributed by atoms with Gasteiger partial charge in [-0.2, -0.15) is 10.1 Å². The molecule has 4 aromatic heterocycles. The molecule has 0 saturated carbocycles. The molecule has 1 N–H and O–H groups in total. The summed E-state index contributed by atoms with van der Waals surface area (Å²) in [4.78, 5) is 34.5. The number of benzene rings is 1. The Morgan fingerprint density at radius 3 is 2.50 bits per heavy atom. The Hall–Kier alpha value is -4.80. The van der Waals surface area contributed by atoms with Gasteiger partial charge in [-0.05, 0) is 65.3 Å². The van der Waals surface area contributed by atoms with E-state index in [9.17, 15) is 9.59 Å². The van der Waals surface area contributed by atoms with E-state index in [4.69, 9.17) is 9.26 Å². The molecule has 0 bridgehead atoms. The van der Waals surface area contributed by atoms with E-state index in [2.05, 4.69) is 25.5 Å². The molecule has 11 heteroatoms. The molecule has 206 valence electrons.